The van der Waals surface area contributed by atoms with Gasteiger partial charge < -0.3 is 4.74 Å². The fourth-order valence-electron chi connectivity index (χ4n) is 1.93. The molecule has 2 aromatic heterocycles. The number of fused-ring (bicyclic) bond motifs is 1. The summed E-state index contributed by atoms with van der Waals surface area (Å²) in [6, 6.07) is 6.48. The zero-order valence-corrected chi connectivity index (χ0v) is 12.3. The van der Waals surface area contributed by atoms with E-state index in [0.29, 0.717) is 16.5 Å². The van der Waals surface area contributed by atoms with Crippen LogP contribution in [-0.2, 0) is 0 Å². The Morgan fingerprint density at radius 1 is 1.25 bits per heavy atom. The predicted octanol–water partition coefficient (Wildman–Crippen LogP) is 4.47. The van der Waals surface area contributed by atoms with E-state index < -0.39 is 5.82 Å². The molecule has 2 heterocycles. The molecule has 0 aliphatic heterocycles. The second kappa shape index (κ2) is 5.00. The summed E-state index contributed by atoms with van der Waals surface area (Å²) in [5.41, 5.74) is 0.306. The monoisotopic (exact) mass is 308 g/mol. The number of benzene rings is 1. The minimum absolute atomic E-state index is 0.282. The average Bonchev–Trinajstić information content (AvgIpc) is 2.79. The van der Waals surface area contributed by atoms with Gasteiger partial charge in [-0.1, -0.05) is 11.6 Å². The Kier molecular flexibility index (Phi) is 3.31. The molecule has 1 aromatic carbocycles. The van der Waals surface area contributed by atoms with Crippen LogP contribution >= 0.6 is 22.9 Å². The van der Waals surface area contributed by atoms with Crippen LogP contribution in [0.2, 0.25) is 5.15 Å². The number of aromatic nitrogens is 2. The predicted molar refractivity (Wildman–Crippen MR) is 79.1 cm³/mol. The topological polar surface area (TPSA) is 35.0 Å². The molecule has 0 atom stereocenters. The summed E-state index contributed by atoms with van der Waals surface area (Å²) in [6.45, 7) is 1.97. The van der Waals surface area contributed by atoms with E-state index in [2.05, 4.69) is 9.97 Å². The van der Waals surface area contributed by atoms with Crippen LogP contribution in [0.3, 0.4) is 0 Å². The molecule has 0 N–H and O–H groups in total. The number of ether oxygens (including phenoxy) is 1. The van der Waals surface area contributed by atoms with Crippen molar-refractivity contribution >= 4 is 33.2 Å². The van der Waals surface area contributed by atoms with Crippen molar-refractivity contribution in [2.24, 2.45) is 0 Å². The van der Waals surface area contributed by atoms with Crippen LogP contribution in [-0.4, -0.2) is 17.1 Å². The number of rotatable bonds is 2. The van der Waals surface area contributed by atoms with Crippen molar-refractivity contribution in [3.8, 4) is 17.1 Å². The average molecular weight is 309 g/mol. The lowest BCUT2D eigenvalue weighted by Gasteiger charge is -2.05. The van der Waals surface area contributed by atoms with E-state index in [9.17, 15) is 4.39 Å². The summed E-state index contributed by atoms with van der Waals surface area (Å²) in [4.78, 5) is 10.4. The van der Waals surface area contributed by atoms with Gasteiger partial charge in [0.1, 0.15) is 21.6 Å². The van der Waals surface area contributed by atoms with Crippen molar-refractivity contribution in [3.63, 3.8) is 0 Å². The second-order valence-corrected chi connectivity index (χ2v) is 5.85. The highest BCUT2D eigenvalue weighted by Gasteiger charge is 2.14. The first-order valence-electron chi connectivity index (χ1n) is 5.86. The maximum Gasteiger partial charge on any atom is 0.165 e. The van der Waals surface area contributed by atoms with E-state index in [-0.39, 0.29) is 5.82 Å². The van der Waals surface area contributed by atoms with Gasteiger partial charge in [0.05, 0.1) is 12.7 Å². The SMILES string of the molecule is COc1ccc(-c2nc(Cl)c3cc(C)sc3n2)c(F)c1. The maximum atomic E-state index is 14.1. The van der Waals surface area contributed by atoms with Gasteiger partial charge in [-0.2, -0.15) is 0 Å². The zero-order chi connectivity index (χ0) is 14.3. The van der Waals surface area contributed by atoms with E-state index in [1.54, 1.807) is 12.1 Å². The van der Waals surface area contributed by atoms with E-state index in [1.165, 1.54) is 24.5 Å². The van der Waals surface area contributed by atoms with Gasteiger partial charge >= 0.3 is 0 Å². The van der Waals surface area contributed by atoms with Crippen molar-refractivity contribution in [1.29, 1.82) is 0 Å². The molecule has 0 spiro atoms. The molecule has 3 rings (SSSR count). The van der Waals surface area contributed by atoms with E-state index in [4.69, 9.17) is 16.3 Å². The third-order valence-corrected chi connectivity index (χ3v) is 4.12. The molecule has 3 nitrogen and oxygen atoms in total. The minimum Gasteiger partial charge on any atom is -0.497 e. The molecule has 0 aliphatic carbocycles. The Bertz CT molecular complexity index is 803. The minimum atomic E-state index is -0.437. The molecular weight excluding hydrogens is 299 g/mol. The number of halogens is 2. The highest BCUT2D eigenvalue weighted by Crippen LogP contribution is 2.32. The summed E-state index contributed by atoms with van der Waals surface area (Å²) < 4.78 is 19.0. The molecule has 0 unspecified atom stereocenters. The normalized spacial score (nSPS) is 11.0. The smallest absolute Gasteiger partial charge is 0.165 e. The van der Waals surface area contributed by atoms with Gasteiger partial charge in [0, 0.05) is 16.3 Å². The summed E-state index contributed by atoms with van der Waals surface area (Å²) in [5, 5.41) is 1.14. The largest absolute Gasteiger partial charge is 0.497 e. The van der Waals surface area contributed by atoms with Gasteiger partial charge in [-0.3, -0.25) is 0 Å². The molecule has 0 saturated heterocycles. The summed E-state index contributed by atoms with van der Waals surface area (Å²) in [5.74, 6) is 0.294. The quantitative estimate of drug-likeness (QED) is 0.655. The van der Waals surface area contributed by atoms with Crippen molar-refractivity contribution in [3.05, 3.63) is 40.1 Å². The molecule has 6 heteroatoms. The summed E-state index contributed by atoms with van der Waals surface area (Å²) in [7, 11) is 1.49. The van der Waals surface area contributed by atoms with Gasteiger partial charge in [-0.25, -0.2) is 14.4 Å². The lowest BCUT2D eigenvalue weighted by molar-refractivity contribution is 0.411. The fourth-order valence-corrected chi connectivity index (χ4v) is 3.09. The van der Waals surface area contributed by atoms with Gasteiger partial charge in [0.25, 0.3) is 0 Å². The van der Waals surface area contributed by atoms with Crippen molar-refractivity contribution in [1.82, 2.24) is 9.97 Å². The molecule has 0 bridgehead atoms. The molecule has 0 aliphatic rings. The molecule has 102 valence electrons. The van der Waals surface area contributed by atoms with E-state index >= 15 is 0 Å². The Labute approximate surface area is 124 Å². The first-order valence-corrected chi connectivity index (χ1v) is 7.05. The lowest BCUT2D eigenvalue weighted by Crippen LogP contribution is -1.94. The van der Waals surface area contributed by atoms with Crippen molar-refractivity contribution in [2.45, 2.75) is 6.92 Å². The second-order valence-electron chi connectivity index (χ2n) is 4.26. The Morgan fingerprint density at radius 2 is 2.05 bits per heavy atom. The first kappa shape index (κ1) is 13.3. The number of aryl methyl sites for hydroxylation is 1. The van der Waals surface area contributed by atoms with Gasteiger partial charge in [-0.15, -0.1) is 11.3 Å². The standard InChI is InChI=1S/C14H10ClFN2OS/c1-7-5-10-12(15)17-13(18-14(10)20-7)9-4-3-8(19-2)6-11(9)16/h3-6H,1-2H3. The molecular formula is C14H10ClFN2OS. The molecule has 20 heavy (non-hydrogen) atoms. The molecule has 0 radical (unpaired) electrons. The molecule has 0 fully saturated rings. The number of thiophene rings is 1. The molecule has 0 amide bonds. The van der Waals surface area contributed by atoms with E-state index in [0.717, 1.165) is 15.1 Å². The highest BCUT2D eigenvalue weighted by atomic mass is 35.5. The van der Waals surface area contributed by atoms with Crippen LogP contribution < -0.4 is 4.74 Å². The van der Waals surface area contributed by atoms with Crippen LogP contribution in [0, 0.1) is 12.7 Å². The molecule has 0 saturated carbocycles. The Morgan fingerprint density at radius 3 is 2.75 bits per heavy atom. The number of nitrogens with zero attached hydrogens (tertiary/aromatic N) is 2. The van der Waals surface area contributed by atoms with Crippen LogP contribution in [0.15, 0.2) is 24.3 Å². The number of hydrogen-bond donors (Lipinski definition) is 0. The third kappa shape index (κ3) is 2.23. The first-order chi connectivity index (χ1) is 9.58. The zero-order valence-electron chi connectivity index (χ0n) is 10.8. The maximum absolute atomic E-state index is 14.1. The van der Waals surface area contributed by atoms with Crippen molar-refractivity contribution < 1.29 is 9.13 Å². The summed E-state index contributed by atoms with van der Waals surface area (Å²) in [6.07, 6.45) is 0. The third-order valence-electron chi connectivity index (χ3n) is 2.89. The Balaban J connectivity index is 2.19. The molecule has 3 aromatic rings. The van der Waals surface area contributed by atoms with Crippen molar-refractivity contribution in [2.75, 3.05) is 7.11 Å². The van der Waals surface area contributed by atoms with Gasteiger partial charge in [0.2, 0.25) is 0 Å². The van der Waals surface area contributed by atoms with Crippen LogP contribution in [0.1, 0.15) is 4.88 Å². The van der Waals surface area contributed by atoms with Crippen LogP contribution in [0.4, 0.5) is 4.39 Å². The van der Waals surface area contributed by atoms with E-state index in [1.807, 2.05) is 13.0 Å². The van der Waals surface area contributed by atoms with Gasteiger partial charge in [-0.05, 0) is 25.1 Å². The number of methoxy groups -OCH3 is 1. The fraction of sp³-hybridized carbons (Fsp3) is 0.143. The van der Waals surface area contributed by atoms with Gasteiger partial charge in [0.15, 0.2) is 5.82 Å². The lowest BCUT2D eigenvalue weighted by atomic mass is 10.2. The number of hydrogen-bond acceptors (Lipinski definition) is 4. The summed E-state index contributed by atoms with van der Waals surface area (Å²) >= 11 is 7.65. The Hall–Kier alpha value is -1.72. The van der Waals surface area contributed by atoms with Crippen LogP contribution in [0.25, 0.3) is 21.6 Å². The van der Waals surface area contributed by atoms with Crippen LogP contribution in [0.5, 0.6) is 5.75 Å². The highest BCUT2D eigenvalue weighted by molar-refractivity contribution is 7.18.